The fraction of sp³-hybridized carbons (Fsp3) is 0.160. The van der Waals surface area contributed by atoms with Crippen LogP contribution in [0.15, 0.2) is 72.2 Å². The molecule has 0 aliphatic rings. The number of nitrogens with one attached hydrogen (secondary N) is 1. The number of amides is 1. The topological polar surface area (TPSA) is 96.7 Å². The first-order valence-corrected chi connectivity index (χ1v) is 11.1. The van der Waals surface area contributed by atoms with Crippen LogP contribution < -0.4 is 11.1 Å². The third-order valence-corrected chi connectivity index (χ3v) is 6.28. The van der Waals surface area contributed by atoms with E-state index in [2.05, 4.69) is 48.5 Å². The van der Waals surface area contributed by atoms with Gasteiger partial charge in [0.05, 0.1) is 17.9 Å². The van der Waals surface area contributed by atoms with E-state index in [1.807, 2.05) is 23.6 Å². The summed E-state index contributed by atoms with van der Waals surface area (Å²) in [5.74, 6) is 0.548. The van der Waals surface area contributed by atoms with Crippen LogP contribution in [0.2, 0.25) is 0 Å². The number of hydrogen-bond donors (Lipinski definition) is 2. The van der Waals surface area contributed by atoms with Gasteiger partial charge in [-0.25, -0.2) is 4.68 Å². The van der Waals surface area contributed by atoms with Gasteiger partial charge in [-0.2, -0.15) is 10.4 Å². The van der Waals surface area contributed by atoms with Gasteiger partial charge in [0.2, 0.25) is 0 Å². The summed E-state index contributed by atoms with van der Waals surface area (Å²) in [4.78, 5) is 14.1. The first kappa shape index (κ1) is 21.3. The van der Waals surface area contributed by atoms with Crippen molar-refractivity contribution in [3.05, 3.63) is 99.4 Å². The Balaban J connectivity index is 1.57. The van der Waals surface area contributed by atoms with Crippen molar-refractivity contribution in [3.63, 3.8) is 0 Å². The fourth-order valence-electron chi connectivity index (χ4n) is 3.47. The van der Waals surface area contributed by atoms with Crippen LogP contribution in [0.3, 0.4) is 0 Å². The highest BCUT2D eigenvalue weighted by Gasteiger charge is 2.19. The van der Waals surface area contributed by atoms with Gasteiger partial charge < -0.3 is 11.1 Å². The molecular weight excluding hydrogens is 418 g/mol. The maximum atomic E-state index is 13.1. The number of benzene rings is 2. The minimum Gasteiger partial charge on any atom is -0.382 e. The van der Waals surface area contributed by atoms with Crippen LogP contribution in [-0.2, 0) is 0 Å². The number of carbonyl (C=O) groups excluding carboxylic acids is 1. The average molecular weight is 442 g/mol. The molecule has 1 unspecified atom stereocenters. The van der Waals surface area contributed by atoms with Crippen molar-refractivity contribution in [3.8, 4) is 11.8 Å². The number of nitriles is 1. The summed E-state index contributed by atoms with van der Waals surface area (Å²) >= 11 is 1.61. The molecule has 2 aromatic heterocycles. The third kappa shape index (κ3) is 4.27. The smallest absolute Gasteiger partial charge is 0.252 e. The Kier molecular flexibility index (Phi) is 6.06. The molecule has 0 aliphatic carbocycles. The van der Waals surface area contributed by atoms with Gasteiger partial charge in [0.1, 0.15) is 17.5 Å². The molecule has 1 amide bonds. The molecule has 0 radical (unpaired) electrons. The number of anilines is 1. The van der Waals surface area contributed by atoms with E-state index in [-0.39, 0.29) is 17.8 Å². The van der Waals surface area contributed by atoms with E-state index in [9.17, 15) is 4.79 Å². The van der Waals surface area contributed by atoms with Gasteiger partial charge in [0.15, 0.2) is 0 Å². The van der Waals surface area contributed by atoms with Crippen molar-refractivity contribution < 1.29 is 4.79 Å². The number of rotatable bonds is 6. The van der Waals surface area contributed by atoms with Gasteiger partial charge in [-0.05, 0) is 52.8 Å². The van der Waals surface area contributed by atoms with Crippen LogP contribution in [0.5, 0.6) is 0 Å². The number of hydrogen-bond acceptors (Lipinski definition) is 5. The zero-order valence-corrected chi connectivity index (χ0v) is 18.6. The van der Waals surface area contributed by atoms with Crippen molar-refractivity contribution in [2.75, 3.05) is 5.73 Å². The molecule has 4 aromatic rings. The van der Waals surface area contributed by atoms with Gasteiger partial charge in [0, 0.05) is 10.4 Å². The molecule has 0 saturated heterocycles. The zero-order valence-electron chi connectivity index (χ0n) is 17.8. The highest BCUT2D eigenvalue weighted by molar-refractivity contribution is 7.10. The zero-order chi connectivity index (χ0) is 22.7. The molecule has 32 heavy (non-hydrogen) atoms. The molecule has 2 heterocycles. The Bertz CT molecular complexity index is 1250. The lowest BCUT2D eigenvalue weighted by Crippen LogP contribution is -2.28. The van der Waals surface area contributed by atoms with E-state index in [0.29, 0.717) is 22.7 Å². The van der Waals surface area contributed by atoms with Gasteiger partial charge in [-0.15, -0.1) is 11.3 Å². The van der Waals surface area contributed by atoms with Crippen LogP contribution in [0, 0.1) is 11.3 Å². The molecule has 4 rings (SSSR count). The molecule has 2 aromatic carbocycles. The summed E-state index contributed by atoms with van der Waals surface area (Å²) in [5.41, 5.74) is 9.78. The average Bonchev–Trinajstić information content (AvgIpc) is 3.47. The number of aromatic nitrogens is 2. The molecule has 0 saturated carbocycles. The summed E-state index contributed by atoms with van der Waals surface area (Å²) in [5, 5.41) is 18.4. The molecule has 1 atom stereocenters. The van der Waals surface area contributed by atoms with Gasteiger partial charge in [-0.1, -0.05) is 44.2 Å². The highest BCUT2D eigenvalue weighted by atomic mass is 32.1. The molecule has 6 nitrogen and oxygen atoms in total. The lowest BCUT2D eigenvalue weighted by atomic mass is 9.98. The van der Waals surface area contributed by atoms with Crippen LogP contribution in [-0.4, -0.2) is 15.7 Å². The fourth-order valence-corrected chi connectivity index (χ4v) is 4.27. The SMILES string of the molecule is CC(C)c1ccc(C(NC(=O)c2ccc(-n3ncc(C#N)c3N)cc2)c2cccs2)cc1. The van der Waals surface area contributed by atoms with Crippen molar-refractivity contribution in [1.29, 1.82) is 5.26 Å². The van der Waals surface area contributed by atoms with Gasteiger partial charge >= 0.3 is 0 Å². The number of nitrogens with two attached hydrogens (primary N) is 1. The summed E-state index contributed by atoms with van der Waals surface area (Å²) in [6.45, 7) is 4.32. The second-order valence-electron chi connectivity index (χ2n) is 7.76. The normalized spacial score (nSPS) is 11.8. The quantitative estimate of drug-likeness (QED) is 0.438. The Morgan fingerprint density at radius 2 is 1.78 bits per heavy atom. The van der Waals surface area contributed by atoms with Crippen LogP contribution in [0.1, 0.15) is 57.7 Å². The third-order valence-electron chi connectivity index (χ3n) is 5.34. The number of nitrogens with zero attached hydrogens (tertiary/aromatic N) is 3. The highest BCUT2D eigenvalue weighted by Crippen LogP contribution is 2.28. The summed E-state index contributed by atoms with van der Waals surface area (Å²) in [7, 11) is 0. The van der Waals surface area contributed by atoms with Crippen LogP contribution in [0.4, 0.5) is 5.82 Å². The van der Waals surface area contributed by atoms with Crippen molar-refractivity contribution in [1.82, 2.24) is 15.1 Å². The molecule has 0 spiro atoms. The Hall–Kier alpha value is -3.89. The maximum Gasteiger partial charge on any atom is 0.252 e. The second kappa shape index (κ2) is 9.08. The Labute approximate surface area is 190 Å². The molecule has 0 fully saturated rings. The van der Waals surface area contributed by atoms with E-state index in [1.165, 1.54) is 16.4 Å². The Morgan fingerprint density at radius 3 is 2.34 bits per heavy atom. The summed E-state index contributed by atoms with van der Waals surface area (Å²) in [6.07, 6.45) is 1.42. The second-order valence-corrected chi connectivity index (χ2v) is 8.74. The number of nitrogen functional groups attached to an aromatic ring is 1. The lowest BCUT2D eigenvalue weighted by Gasteiger charge is -2.19. The van der Waals surface area contributed by atoms with E-state index >= 15 is 0 Å². The molecule has 0 aliphatic heterocycles. The van der Waals surface area contributed by atoms with Crippen molar-refractivity contribution in [2.45, 2.75) is 25.8 Å². The first-order valence-electron chi connectivity index (χ1n) is 10.3. The molecule has 160 valence electrons. The standard InChI is InChI=1S/C25H23N5OS/c1-16(2)17-5-7-18(8-6-17)23(22-4-3-13-32-22)29-25(31)19-9-11-21(12-10-19)30-24(27)20(14-26)15-28-30/h3-13,15-16,23H,27H2,1-2H3,(H,29,31). The van der Waals surface area contributed by atoms with Crippen molar-refractivity contribution >= 4 is 23.1 Å². The minimum atomic E-state index is -0.233. The van der Waals surface area contributed by atoms with E-state index in [1.54, 1.807) is 35.6 Å². The van der Waals surface area contributed by atoms with E-state index < -0.39 is 0 Å². The van der Waals surface area contributed by atoms with Crippen LogP contribution >= 0.6 is 11.3 Å². The Morgan fingerprint density at radius 1 is 1.09 bits per heavy atom. The largest absolute Gasteiger partial charge is 0.382 e. The molecular formula is C25H23N5OS. The minimum absolute atomic E-state index is 0.172. The molecule has 7 heteroatoms. The number of carbonyl (C=O) groups is 1. The summed E-state index contributed by atoms with van der Waals surface area (Å²) < 4.78 is 1.48. The molecule has 3 N–H and O–H groups in total. The molecule has 0 bridgehead atoms. The predicted molar refractivity (Wildman–Crippen MR) is 127 cm³/mol. The maximum absolute atomic E-state index is 13.1. The predicted octanol–water partition coefficient (Wildman–Crippen LogP) is 5.03. The van der Waals surface area contributed by atoms with Crippen LogP contribution in [0.25, 0.3) is 5.69 Å². The van der Waals surface area contributed by atoms with Gasteiger partial charge in [0.25, 0.3) is 5.91 Å². The van der Waals surface area contributed by atoms with Gasteiger partial charge in [-0.3, -0.25) is 4.79 Å². The monoisotopic (exact) mass is 441 g/mol. The van der Waals surface area contributed by atoms with Crippen molar-refractivity contribution in [2.24, 2.45) is 0 Å². The first-order chi connectivity index (χ1) is 15.5. The van der Waals surface area contributed by atoms with E-state index in [0.717, 1.165) is 10.4 Å². The summed E-state index contributed by atoms with van der Waals surface area (Å²) in [6, 6.07) is 21.2. The van der Waals surface area contributed by atoms with E-state index in [4.69, 9.17) is 11.0 Å². The lowest BCUT2D eigenvalue weighted by molar-refractivity contribution is 0.0943. The number of thiophene rings is 1.